The third kappa shape index (κ3) is 4.33. The summed E-state index contributed by atoms with van der Waals surface area (Å²) < 4.78 is 0. The van der Waals surface area contributed by atoms with Crippen molar-refractivity contribution >= 4 is 11.6 Å². The summed E-state index contributed by atoms with van der Waals surface area (Å²) in [6, 6.07) is 5.80. The molecule has 0 bridgehead atoms. The first-order valence-electron chi connectivity index (χ1n) is 6.08. The Balaban J connectivity index is 2.75. The summed E-state index contributed by atoms with van der Waals surface area (Å²) in [4.78, 5) is 22.1. The van der Waals surface area contributed by atoms with E-state index in [-0.39, 0.29) is 36.6 Å². The number of aliphatic hydroxyl groups is 1. The van der Waals surface area contributed by atoms with E-state index in [1.807, 2.05) is 13.8 Å². The van der Waals surface area contributed by atoms with Crippen LogP contribution < -0.4 is 5.32 Å². The third-order valence-corrected chi connectivity index (χ3v) is 2.89. The van der Waals surface area contributed by atoms with Gasteiger partial charge in [-0.25, -0.2) is 0 Å². The Bertz CT molecular complexity index is 460. The molecular formula is C13H18N2O4. The van der Waals surface area contributed by atoms with Gasteiger partial charge in [0.05, 0.1) is 24.0 Å². The number of carbonyl (C=O) groups is 1. The predicted octanol–water partition coefficient (Wildman–Crippen LogP) is 1.27. The molecule has 1 rings (SSSR count). The summed E-state index contributed by atoms with van der Waals surface area (Å²) in [5, 5.41) is 22.6. The fourth-order valence-corrected chi connectivity index (χ4v) is 1.69. The van der Waals surface area contributed by atoms with Crippen molar-refractivity contribution in [3.63, 3.8) is 0 Å². The van der Waals surface area contributed by atoms with Crippen LogP contribution in [0.5, 0.6) is 0 Å². The molecule has 1 atom stereocenters. The van der Waals surface area contributed by atoms with E-state index in [4.69, 9.17) is 5.11 Å². The van der Waals surface area contributed by atoms with Crippen molar-refractivity contribution in [3.05, 3.63) is 39.9 Å². The van der Waals surface area contributed by atoms with E-state index in [1.54, 1.807) is 18.2 Å². The molecule has 0 saturated carbocycles. The highest BCUT2D eigenvalue weighted by Crippen LogP contribution is 2.18. The Labute approximate surface area is 111 Å². The number of hydrogen-bond acceptors (Lipinski definition) is 4. The average molecular weight is 266 g/mol. The minimum Gasteiger partial charge on any atom is -0.394 e. The van der Waals surface area contributed by atoms with E-state index in [1.165, 1.54) is 6.07 Å². The van der Waals surface area contributed by atoms with E-state index in [2.05, 4.69) is 5.32 Å². The lowest BCUT2D eigenvalue weighted by Gasteiger charge is -2.19. The highest BCUT2D eigenvalue weighted by atomic mass is 16.6. The average Bonchev–Trinajstić information content (AvgIpc) is 2.35. The molecule has 1 aromatic rings. The molecule has 0 fully saturated rings. The van der Waals surface area contributed by atoms with Gasteiger partial charge in [0.25, 0.3) is 5.69 Å². The lowest BCUT2D eigenvalue weighted by molar-refractivity contribution is -0.385. The number of para-hydroxylation sites is 1. The molecule has 0 aliphatic carbocycles. The predicted molar refractivity (Wildman–Crippen MR) is 70.7 cm³/mol. The second-order valence-corrected chi connectivity index (χ2v) is 4.66. The molecular weight excluding hydrogens is 248 g/mol. The van der Waals surface area contributed by atoms with Crippen molar-refractivity contribution in [3.8, 4) is 0 Å². The van der Waals surface area contributed by atoms with Gasteiger partial charge in [-0.2, -0.15) is 0 Å². The van der Waals surface area contributed by atoms with Crippen LogP contribution in [0.25, 0.3) is 0 Å². The number of carbonyl (C=O) groups excluding carboxylic acids is 1. The molecule has 104 valence electrons. The van der Waals surface area contributed by atoms with E-state index in [0.717, 1.165) is 0 Å². The number of nitrogens with one attached hydrogen (secondary N) is 1. The molecule has 0 radical (unpaired) electrons. The number of rotatable bonds is 6. The van der Waals surface area contributed by atoms with Gasteiger partial charge in [-0.1, -0.05) is 32.0 Å². The number of benzene rings is 1. The Morgan fingerprint density at radius 3 is 2.58 bits per heavy atom. The van der Waals surface area contributed by atoms with Crippen molar-refractivity contribution in [2.45, 2.75) is 26.3 Å². The largest absolute Gasteiger partial charge is 0.394 e. The number of hydrogen-bond donors (Lipinski definition) is 2. The SMILES string of the molecule is CC(C)C(CO)NC(=O)Cc1ccccc1[N+](=O)[O-]. The van der Waals surface area contributed by atoms with Crippen molar-refractivity contribution < 1.29 is 14.8 Å². The second-order valence-electron chi connectivity index (χ2n) is 4.66. The van der Waals surface area contributed by atoms with Crippen LogP contribution in [0.4, 0.5) is 5.69 Å². The fraction of sp³-hybridized carbons (Fsp3) is 0.462. The number of nitro benzene ring substituents is 1. The molecule has 1 amide bonds. The molecule has 19 heavy (non-hydrogen) atoms. The third-order valence-electron chi connectivity index (χ3n) is 2.89. The molecule has 0 aromatic heterocycles. The molecule has 0 saturated heterocycles. The maximum atomic E-state index is 11.8. The highest BCUT2D eigenvalue weighted by Gasteiger charge is 2.19. The van der Waals surface area contributed by atoms with E-state index < -0.39 is 4.92 Å². The van der Waals surface area contributed by atoms with Gasteiger partial charge in [-0.3, -0.25) is 14.9 Å². The zero-order valence-corrected chi connectivity index (χ0v) is 11.0. The Hall–Kier alpha value is -1.95. The van der Waals surface area contributed by atoms with Crippen LogP contribution >= 0.6 is 0 Å². The van der Waals surface area contributed by atoms with Crippen molar-refractivity contribution in [1.29, 1.82) is 0 Å². The summed E-state index contributed by atoms with van der Waals surface area (Å²) in [5.41, 5.74) is 0.299. The lowest BCUT2D eigenvalue weighted by atomic mass is 10.0. The van der Waals surface area contributed by atoms with Gasteiger partial charge in [-0.15, -0.1) is 0 Å². The smallest absolute Gasteiger partial charge is 0.273 e. The number of nitro groups is 1. The first-order chi connectivity index (χ1) is 8.95. The second kappa shape index (κ2) is 6.84. The zero-order valence-electron chi connectivity index (χ0n) is 11.0. The molecule has 6 nitrogen and oxygen atoms in total. The van der Waals surface area contributed by atoms with Gasteiger partial charge >= 0.3 is 0 Å². The van der Waals surface area contributed by atoms with Crippen LogP contribution in [0.2, 0.25) is 0 Å². The maximum Gasteiger partial charge on any atom is 0.273 e. The zero-order chi connectivity index (χ0) is 14.4. The van der Waals surface area contributed by atoms with Gasteiger partial charge in [0.15, 0.2) is 0 Å². The number of amides is 1. The molecule has 0 spiro atoms. The summed E-state index contributed by atoms with van der Waals surface area (Å²) >= 11 is 0. The van der Waals surface area contributed by atoms with Gasteiger partial charge in [0.2, 0.25) is 5.91 Å². The normalized spacial score (nSPS) is 12.2. The molecule has 0 aliphatic heterocycles. The van der Waals surface area contributed by atoms with Crippen molar-refractivity contribution in [2.24, 2.45) is 5.92 Å². The first kappa shape index (κ1) is 15.1. The fourth-order valence-electron chi connectivity index (χ4n) is 1.69. The molecule has 2 N–H and O–H groups in total. The van der Waals surface area contributed by atoms with Crippen LogP contribution in [0.1, 0.15) is 19.4 Å². The lowest BCUT2D eigenvalue weighted by Crippen LogP contribution is -2.41. The topological polar surface area (TPSA) is 92.5 Å². The minimum absolute atomic E-state index is 0.0669. The molecule has 6 heteroatoms. The quantitative estimate of drug-likeness (QED) is 0.599. The summed E-state index contributed by atoms with van der Waals surface area (Å²) in [7, 11) is 0. The Morgan fingerprint density at radius 1 is 1.42 bits per heavy atom. The van der Waals surface area contributed by atoms with E-state index >= 15 is 0 Å². The minimum atomic E-state index is -0.505. The number of nitrogens with zero attached hydrogens (tertiary/aromatic N) is 1. The van der Waals surface area contributed by atoms with Gasteiger partial charge in [-0.05, 0) is 5.92 Å². The monoisotopic (exact) mass is 266 g/mol. The van der Waals surface area contributed by atoms with Crippen molar-refractivity contribution in [1.82, 2.24) is 5.32 Å². The molecule has 0 aliphatic rings. The first-order valence-corrected chi connectivity index (χ1v) is 6.08. The van der Waals surface area contributed by atoms with Crippen LogP contribution in [-0.4, -0.2) is 28.6 Å². The summed E-state index contributed by atoms with van der Waals surface area (Å²) in [5.74, 6) is -0.234. The summed E-state index contributed by atoms with van der Waals surface area (Å²) in [6.45, 7) is 3.61. The Kier molecular flexibility index (Phi) is 5.44. The van der Waals surface area contributed by atoms with Crippen LogP contribution in [0, 0.1) is 16.0 Å². The van der Waals surface area contributed by atoms with E-state index in [9.17, 15) is 14.9 Å². The molecule has 0 heterocycles. The maximum absolute atomic E-state index is 11.8. The Morgan fingerprint density at radius 2 is 2.05 bits per heavy atom. The number of aliphatic hydroxyl groups excluding tert-OH is 1. The van der Waals surface area contributed by atoms with Crippen LogP contribution in [0.15, 0.2) is 24.3 Å². The molecule has 1 aromatic carbocycles. The highest BCUT2D eigenvalue weighted by molar-refractivity contribution is 5.80. The van der Waals surface area contributed by atoms with Gasteiger partial charge in [0.1, 0.15) is 0 Å². The van der Waals surface area contributed by atoms with Crippen LogP contribution in [-0.2, 0) is 11.2 Å². The van der Waals surface area contributed by atoms with Crippen LogP contribution in [0.3, 0.4) is 0 Å². The summed E-state index contributed by atoms with van der Waals surface area (Å²) in [6.07, 6.45) is -0.0691. The van der Waals surface area contributed by atoms with Crippen molar-refractivity contribution in [2.75, 3.05) is 6.61 Å². The van der Waals surface area contributed by atoms with Gasteiger partial charge in [0, 0.05) is 11.6 Å². The standard InChI is InChI=1S/C13H18N2O4/c1-9(2)11(8-16)14-13(17)7-10-5-3-4-6-12(10)15(18)19/h3-6,9,11,16H,7-8H2,1-2H3,(H,14,17). The van der Waals surface area contributed by atoms with E-state index in [0.29, 0.717) is 5.56 Å². The molecule has 1 unspecified atom stereocenters. The van der Waals surface area contributed by atoms with Gasteiger partial charge < -0.3 is 10.4 Å².